The number of rotatable bonds is 4. The van der Waals surface area contributed by atoms with Gasteiger partial charge in [-0.05, 0) is 69.7 Å². The van der Waals surface area contributed by atoms with Gasteiger partial charge in [0.25, 0.3) is 5.91 Å². The number of benzene rings is 2. The van der Waals surface area contributed by atoms with Gasteiger partial charge in [-0.3, -0.25) is 4.79 Å². The molecule has 138 valence electrons. The lowest BCUT2D eigenvalue weighted by Crippen LogP contribution is -2.40. The molecule has 0 aromatic heterocycles. The number of urea groups is 1. The van der Waals surface area contributed by atoms with Gasteiger partial charge < -0.3 is 16.0 Å². The third-order valence-electron chi connectivity index (χ3n) is 3.59. The second kappa shape index (κ2) is 8.23. The predicted molar refractivity (Wildman–Crippen MR) is 106 cm³/mol. The molecule has 3 amide bonds. The number of carbonyl (C=O) groups excluding carboxylic acids is 2. The van der Waals surface area contributed by atoms with Gasteiger partial charge in [-0.2, -0.15) is 0 Å². The number of hydrogen-bond donors (Lipinski definition) is 3. The molecule has 0 radical (unpaired) electrons. The third kappa shape index (κ3) is 6.08. The highest BCUT2D eigenvalue weighted by atomic mass is 35.5. The van der Waals surface area contributed by atoms with Crippen molar-refractivity contribution in [2.75, 3.05) is 5.32 Å². The van der Waals surface area contributed by atoms with Crippen LogP contribution in [0.25, 0.3) is 0 Å². The van der Waals surface area contributed by atoms with Crippen molar-refractivity contribution in [1.82, 2.24) is 10.6 Å². The summed E-state index contributed by atoms with van der Waals surface area (Å²) < 4.78 is 0. The van der Waals surface area contributed by atoms with Crippen LogP contribution in [-0.4, -0.2) is 17.5 Å². The maximum absolute atomic E-state index is 12.2. The fourth-order valence-electron chi connectivity index (χ4n) is 2.34. The summed E-state index contributed by atoms with van der Waals surface area (Å²) in [4.78, 5) is 24.3. The Morgan fingerprint density at radius 2 is 1.69 bits per heavy atom. The second-order valence-corrected chi connectivity index (χ2v) is 7.59. The van der Waals surface area contributed by atoms with E-state index in [4.69, 9.17) is 11.6 Å². The van der Waals surface area contributed by atoms with E-state index < -0.39 is 0 Å². The molecule has 0 aliphatic carbocycles. The second-order valence-electron chi connectivity index (χ2n) is 7.16. The molecule has 2 aromatic carbocycles. The van der Waals surface area contributed by atoms with Gasteiger partial charge in [0.05, 0.1) is 6.04 Å². The van der Waals surface area contributed by atoms with Gasteiger partial charge in [0.1, 0.15) is 0 Å². The summed E-state index contributed by atoms with van der Waals surface area (Å²) in [5, 5.41) is 9.13. The van der Waals surface area contributed by atoms with Crippen molar-refractivity contribution in [2.45, 2.75) is 39.3 Å². The number of nitrogens with one attached hydrogen (secondary N) is 3. The minimum absolute atomic E-state index is 0.150. The lowest BCUT2D eigenvalue weighted by Gasteiger charge is -2.20. The van der Waals surface area contributed by atoms with Crippen LogP contribution in [0, 0.1) is 0 Å². The summed E-state index contributed by atoms with van der Waals surface area (Å²) >= 11 is 5.97. The zero-order valence-corrected chi connectivity index (χ0v) is 16.1. The lowest BCUT2D eigenvalue weighted by atomic mass is 10.1. The molecule has 0 unspecified atom stereocenters. The highest BCUT2D eigenvalue weighted by molar-refractivity contribution is 6.30. The van der Waals surface area contributed by atoms with Gasteiger partial charge in [-0.25, -0.2) is 4.79 Å². The van der Waals surface area contributed by atoms with Crippen LogP contribution in [0.4, 0.5) is 10.5 Å². The molecule has 26 heavy (non-hydrogen) atoms. The van der Waals surface area contributed by atoms with E-state index in [0.717, 1.165) is 5.56 Å². The molecule has 0 fully saturated rings. The minimum Gasteiger partial charge on any atom is -0.347 e. The summed E-state index contributed by atoms with van der Waals surface area (Å²) in [5.74, 6) is -0.150. The Bertz CT molecular complexity index is 782. The molecule has 0 spiro atoms. The number of halogens is 1. The van der Waals surface area contributed by atoms with Gasteiger partial charge >= 0.3 is 6.03 Å². The average molecular weight is 374 g/mol. The first kappa shape index (κ1) is 19.8. The Balaban J connectivity index is 1.94. The quantitative estimate of drug-likeness (QED) is 0.723. The first-order valence-electron chi connectivity index (χ1n) is 8.39. The molecule has 2 aromatic rings. The van der Waals surface area contributed by atoms with E-state index in [-0.39, 0.29) is 23.5 Å². The first-order valence-corrected chi connectivity index (χ1v) is 8.77. The van der Waals surface area contributed by atoms with E-state index in [1.54, 1.807) is 30.3 Å². The van der Waals surface area contributed by atoms with Crippen LogP contribution < -0.4 is 16.0 Å². The number of hydrogen-bond acceptors (Lipinski definition) is 2. The summed E-state index contributed by atoms with van der Waals surface area (Å²) in [7, 11) is 0. The predicted octanol–water partition coefficient (Wildman–Crippen LogP) is 4.75. The molecule has 5 nitrogen and oxygen atoms in total. The number of amides is 3. The van der Waals surface area contributed by atoms with E-state index in [1.807, 2.05) is 45.9 Å². The van der Waals surface area contributed by atoms with Crippen LogP contribution in [0.1, 0.15) is 49.7 Å². The fourth-order valence-corrected chi connectivity index (χ4v) is 2.54. The summed E-state index contributed by atoms with van der Waals surface area (Å²) in [5.41, 5.74) is 1.76. The zero-order chi connectivity index (χ0) is 19.3. The lowest BCUT2D eigenvalue weighted by molar-refractivity contribution is 0.0919. The van der Waals surface area contributed by atoms with Crippen LogP contribution in [0.2, 0.25) is 5.02 Å². The van der Waals surface area contributed by atoms with Gasteiger partial charge in [0.15, 0.2) is 0 Å². The highest BCUT2D eigenvalue weighted by Gasteiger charge is 2.15. The topological polar surface area (TPSA) is 70.2 Å². The molecule has 2 rings (SSSR count). The van der Waals surface area contributed by atoms with Gasteiger partial charge in [0, 0.05) is 21.8 Å². The minimum atomic E-state index is -0.329. The SMILES string of the molecule is C[C@H](NC(=O)Nc1ccc(C(=O)NC(C)(C)C)cc1)c1cccc(Cl)c1. The Morgan fingerprint density at radius 3 is 2.27 bits per heavy atom. The van der Waals surface area contributed by atoms with Crippen LogP contribution in [0.5, 0.6) is 0 Å². The first-order chi connectivity index (χ1) is 12.1. The van der Waals surface area contributed by atoms with Crippen molar-refractivity contribution in [2.24, 2.45) is 0 Å². The van der Waals surface area contributed by atoms with Crippen LogP contribution in [0.15, 0.2) is 48.5 Å². The van der Waals surface area contributed by atoms with E-state index in [2.05, 4.69) is 16.0 Å². The van der Waals surface area contributed by atoms with Crippen molar-refractivity contribution in [3.8, 4) is 0 Å². The van der Waals surface area contributed by atoms with Crippen molar-refractivity contribution >= 4 is 29.2 Å². The smallest absolute Gasteiger partial charge is 0.319 e. The summed E-state index contributed by atoms with van der Waals surface area (Å²) in [6, 6.07) is 13.6. The van der Waals surface area contributed by atoms with Crippen LogP contribution in [-0.2, 0) is 0 Å². The molecule has 0 aliphatic heterocycles. The Kier molecular flexibility index (Phi) is 6.27. The van der Waals surface area contributed by atoms with E-state index in [1.165, 1.54) is 0 Å². The normalized spacial score (nSPS) is 12.2. The molecule has 6 heteroatoms. The van der Waals surface area contributed by atoms with Crippen LogP contribution >= 0.6 is 11.6 Å². The highest BCUT2D eigenvalue weighted by Crippen LogP contribution is 2.18. The monoisotopic (exact) mass is 373 g/mol. The molecule has 3 N–H and O–H groups in total. The summed E-state index contributed by atoms with van der Waals surface area (Å²) in [6.45, 7) is 7.65. The van der Waals surface area contributed by atoms with Gasteiger partial charge in [0.2, 0.25) is 0 Å². The van der Waals surface area contributed by atoms with E-state index in [0.29, 0.717) is 16.3 Å². The largest absolute Gasteiger partial charge is 0.347 e. The molecule has 0 aliphatic rings. The van der Waals surface area contributed by atoms with Gasteiger partial charge in [-0.15, -0.1) is 0 Å². The van der Waals surface area contributed by atoms with E-state index >= 15 is 0 Å². The van der Waals surface area contributed by atoms with Crippen molar-refractivity contribution < 1.29 is 9.59 Å². The van der Waals surface area contributed by atoms with Crippen LogP contribution in [0.3, 0.4) is 0 Å². The Morgan fingerprint density at radius 1 is 1.04 bits per heavy atom. The zero-order valence-electron chi connectivity index (χ0n) is 15.4. The number of anilines is 1. The molecule has 1 atom stereocenters. The third-order valence-corrected chi connectivity index (χ3v) is 3.82. The molecule has 0 heterocycles. The van der Waals surface area contributed by atoms with Crippen molar-refractivity contribution in [3.63, 3.8) is 0 Å². The molecule has 0 saturated carbocycles. The maximum Gasteiger partial charge on any atom is 0.319 e. The molecular formula is C20H24ClN3O2. The Hall–Kier alpha value is -2.53. The number of carbonyl (C=O) groups is 2. The standard InChI is InChI=1S/C20H24ClN3O2/c1-13(15-6-5-7-16(21)12-15)22-19(26)23-17-10-8-14(9-11-17)18(25)24-20(2,3)4/h5-13H,1-4H3,(H,24,25)(H2,22,23,26)/t13-/m0/s1. The van der Waals surface area contributed by atoms with Gasteiger partial charge in [-0.1, -0.05) is 23.7 Å². The molecular weight excluding hydrogens is 350 g/mol. The van der Waals surface area contributed by atoms with Crippen molar-refractivity contribution in [3.05, 3.63) is 64.7 Å². The summed E-state index contributed by atoms with van der Waals surface area (Å²) in [6.07, 6.45) is 0. The Labute approximate surface area is 159 Å². The average Bonchev–Trinajstić information content (AvgIpc) is 2.53. The fraction of sp³-hybridized carbons (Fsp3) is 0.300. The van der Waals surface area contributed by atoms with Crippen molar-refractivity contribution in [1.29, 1.82) is 0 Å². The van der Waals surface area contributed by atoms with E-state index in [9.17, 15) is 9.59 Å². The maximum atomic E-state index is 12.2. The molecule has 0 saturated heterocycles. The molecule has 0 bridgehead atoms.